The van der Waals surface area contributed by atoms with Gasteiger partial charge in [0.15, 0.2) is 0 Å². The van der Waals surface area contributed by atoms with Gasteiger partial charge in [0, 0.05) is 12.6 Å². The van der Waals surface area contributed by atoms with E-state index in [9.17, 15) is 4.79 Å². The molecule has 0 heterocycles. The molecule has 2 rings (SSSR count). The van der Waals surface area contributed by atoms with Crippen LogP contribution in [0, 0.1) is 5.92 Å². The minimum absolute atomic E-state index is 0.244. The number of ether oxygens (including phenoxy) is 1. The number of carbonyl (C=O) groups excluding carboxylic acids is 1. The lowest BCUT2D eigenvalue weighted by Crippen LogP contribution is -2.56. The van der Waals surface area contributed by atoms with E-state index < -0.39 is 5.54 Å². The molecule has 2 atom stereocenters. The van der Waals surface area contributed by atoms with Crippen molar-refractivity contribution in [3.8, 4) is 0 Å². The summed E-state index contributed by atoms with van der Waals surface area (Å²) < 4.78 is 4.87. The molecule has 2 unspecified atom stereocenters. The molecule has 0 spiro atoms. The predicted octanol–water partition coefficient (Wildman–Crippen LogP) is 1.92. The van der Waals surface area contributed by atoms with Gasteiger partial charge in [-0.15, -0.1) is 0 Å². The lowest BCUT2D eigenvalue weighted by Gasteiger charge is -2.40. The standard InChI is InChI=1S/C15H28N2O2/c1-17(11-12-6-3-4-7-12)13-8-5-9-15(16,10-13)14(18)19-2/h12-13H,3-11,16H2,1-2H3. The second-order valence-corrected chi connectivity index (χ2v) is 6.49. The first-order valence-electron chi connectivity index (χ1n) is 7.63. The molecule has 2 saturated carbocycles. The van der Waals surface area contributed by atoms with Crippen LogP contribution in [0.2, 0.25) is 0 Å². The van der Waals surface area contributed by atoms with Crippen LogP contribution in [0.1, 0.15) is 51.4 Å². The van der Waals surface area contributed by atoms with E-state index in [4.69, 9.17) is 10.5 Å². The highest BCUT2D eigenvalue weighted by Gasteiger charge is 2.41. The summed E-state index contributed by atoms with van der Waals surface area (Å²) in [5, 5.41) is 0. The molecule has 0 aromatic carbocycles. The molecule has 2 aliphatic carbocycles. The fraction of sp³-hybridized carbons (Fsp3) is 0.933. The molecular formula is C15H28N2O2. The Morgan fingerprint density at radius 1 is 1.32 bits per heavy atom. The summed E-state index contributed by atoms with van der Waals surface area (Å²) in [6.07, 6.45) is 9.16. The van der Waals surface area contributed by atoms with E-state index >= 15 is 0 Å². The maximum atomic E-state index is 11.8. The Kier molecular flexibility index (Phi) is 4.85. The van der Waals surface area contributed by atoms with Crippen LogP contribution in [-0.4, -0.2) is 43.2 Å². The van der Waals surface area contributed by atoms with E-state index in [0.717, 1.165) is 38.1 Å². The smallest absolute Gasteiger partial charge is 0.325 e. The summed E-state index contributed by atoms with van der Waals surface area (Å²) in [4.78, 5) is 14.3. The second-order valence-electron chi connectivity index (χ2n) is 6.49. The summed E-state index contributed by atoms with van der Waals surface area (Å²) >= 11 is 0. The first-order chi connectivity index (χ1) is 9.05. The number of nitrogens with two attached hydrogens (primary N) is 1. The fourth-order valence-corrected chi connectivity index (χ4v) is 3.79. The molecule has 0 bridgehead atoms. The van der Waals surface area contributed by atoms with Crippen LogP contribution in [0.3, 0.4) is 0 Å². The summed E-state index contributed by atoms with van der Waals surface area (Å²) in [5.41, 5.74) is 5.49. The molecule has 2 N–H and O–H groups in total. The van der Waals surface area contributed by atoms with Crippen molar-refractivity contribution in [3.63, 3.8) is 0 Å². The maximum absolute atomic E-state index is 11.8. The van der Waals surface area contributed by atoms with Crippen molar-refractivity contribution in [2.24, 2.45) is 11.7 Å². The van der Waals surface area contributed by atoms with E-state index in [0.29, 0.717) is 6.04 Å². The molecule has 19 heavy (non-hydrogen) atoms. The van der Waals surface area contributed by atoms with Crippen molar-refractivity contribution < 1.29 is 9.53 Å². The number of hydrogen-bond donors (Lipinski definition) is 1. The minimum Gasteiger partial charge on any atom is -0.468 e. The van der Waals surface area contributed by atoms with Gasteiger partial charge in [0.25, 0.3) is 0 Å². The van der Waals surface area contributed by atoms with Crippen molar-refractivity contribution in [1.82, 2.24) is 4.90 Å². The number of esters is 1. The molecule has 2 aliphatic rings. The lowest BCUT2D eigenvalue weighted by atomic mass is 9.79. The van der Waals surface area contributed by atoms with Crippen LogP contribution in [0.5, 0.6) is 0 Å². The zero-order valence-electron chi connectivity index (χ0n) is 12.4. The molecule has 2 fully saturated rings. The van der Waals surface area contributed by atoms with Crippen LogP contribution in [0.25, 0.3) is 0 Å². The third kappa shape index (κ3) is 3.48. The van der Waals surface area contributed by atoms with E-state index in [2.05, 4.69) is 11.9 Å². The van der Waals surface area contributed by atoms with Crippen LogP contribution in [0.4, 0.5) is 0 Å². The number of carbonyl (C=O) groups is 1. The third-order valence-corrected chi connectivity index (χ3v) is 5.00. The molecule has 0 aliphatic heterocycles. The van der Waals surface area contributed by atoms with Gasteiger partial charge >= 0.3 is 5.97 Å². The monoisotopic (exact) mass is 268 g/mol. The molecule has 0 saturated heterocycles. The second kappa shape index (κ2) is 6.23. The molecular weight excluding hydrogens is 240 g/mol. The van der Waals surface area contributed by atoms with Crippen LogP contribution in [-0.2, 0) is 9.53 Å². The SMILES string of the molecule is COC(=O)C1(N)CCCC(N(C)CC2CCCC2)C1. The summed E-state index contributed by atoms with van der Waals surface area (Å²) in [5.74, 6) is 0.601. The summed E-state index contributed by atoms with van der Waals surface area (Å²) in [7, 11) is 3.62. The van der Waals surface area contributed by atoms with E-state index in [1.807, 2.05) is 0 Å². The Morgan fingerprint density at radius 3 is 2.63 bits per heavy atom. The fourth-order valence-electron chi connectivity index (χ4n) is 3.79. The van der Waals surface area contributed by atoms with Gasteiger partial charge in [-0.1, -0.05) is 12.8 Å². The van der Waals surface area contributed by atoms with Crippen molar-refractivity contribution >= 4 is 5.97 Å². The first-order valence-corrected chi connectivity index (χ1v) is 7.63. The number of rotatable bonds is 4. The van der Waals surface area contributed by atoms with Gasteiger partial charge in [0.2, 0.25) is 0 Å². The van der Waals surface area contributed by atoms with Crippen molar-refractivity contribution in [3.05, 3.63) is 0 Å². The summed E-state index contributed by atoms with van der Waals surface area (Å²) in [6.45, 7) is 1.15. The molecule has 0 aromatic heterocycles. The topological polar surface area (TPSA) is 55.6 Å². The van der Waals surface area contributed by atoms with Gasteiger partial charge in [-0.3, -0.25) is 4.79 Å². The van der Waals surface area contributed by atoms with Gasteiger partial charge < -0.3 is 15.4 Å². The third-order valence-electron chi connectivity index (χ3n) is 5.00. The van der Waals surface area contributed by atoms with Crippen molar-refractivity contribution in [2.75, 3.05) is 20.7 Å². The Bertz CT molecular complexity index is 315. The Morgan fingerprint density at radius 2 is 2.00 bits per heavy atom. The molecule has 0 radical (unpaired) electrons. The quantitative estimate of drug-likeness (QED) is 0.792. The maximum Gasteiger partial charge on any atom is 0.325 e. The number of nitrogens with zero attached hydrogens (tertiary/aromatic N) is 1. The lowest BCUT2D eigenvalue weighted by molar-refractivity contribution is -0.149. The zero-order chi connectivity index (χ0) is 13.9. The van der Waals surface area contributed by atoms with E-state index in [1.54, 1.807) is 0 Å². The molecule has 110 valence electrons. The van der Waals surface area contributed by atoms with Gasteiger partial charge in [-0.05, 0) is 51.5 Å². The van der Waals surface area contributed by atoms with Gasteiger partial charge in [-0.2, -0.15) is 0 Å². The van der Waals surface area contributed by atoms with Crippen LogP contribution >= 0.6 is 0 Å². The van der Waals surface area contributed by atoms with Gasteiger partial charge in [0.1, 0.15) is 5.54 Å². The largest absolute Gasteiger partial charge is 0.468 e. The van der Waals surface area contributed by atoms with Gasteiger partial charge in [0.05, 0.1) is 7.11 Å². The van der Waals surface area contributed by atoms with Gasteiger partial charge in [-0.25, -0.2) is 0 Å². The number of hydrogen-bond acceptors (Lipinski definition) is 4. The highest BCUT2D eigenvalue weighted by atomic mass is 16.5. The zero-order valence-corrected chi connectivity index (χ0v) is 12.4. The van der Waals surface area contributed by atoms with Crippen LogP contribution in [0.15, 0.2) is 0 Å². The van der Waals surface area contributed by atoms with Crippen molar-refractivity contribution in [1.29, 1.82) is 0 Å². The Hall–Kier alpha value is -0.610. The molecule has 4 nitrogen and oxygen atoms in total. The molecule has 0 amide bonds. The Balaban J connectivity index is 1.90. The van der Waals surface area contributed by atoms with Crippen LogP contribution < -0.4 is 5.73 Å². The molecule has 0 aromatic rings. The molecule has 4 heteroatoms. The predicted molar refractivity (Wildman–Crippen MR) is 75.8 cm³/mol. The average Bonchev–Trinajstić information content (AvgIpc) is 2.90. The first kappa shape index (κ1) is 14.8. The van der Waals surface area contributed by atoms with E-state index in [1.165, 1.54) is 32.8 Å². The minimum atomic E-state index is -0.762. The summed E-state index contributed by atoms with van der Waals surface area (Å²) in [6, 6.07) is 0.429. The highest BCUT2D eigenvalue weighted by Crippen LogP contribution is 2.32. The normalized spacial score (nSPS) is 32.7. The van der Waals surface area contributed by atoms with E-state index in [-0.39, 0.29) is 5.97 Å². The van der Waals surface area contributed by atoms with Crippen molar-refractivity contribution in [2.45, 2.75) is 62.9 Å². The average molecular weight is 268 g/mol. The highest BCUT2D eigenvalue weighted by molar-refractivity contribution is 5.80. The Labute approximate surface area is 116 Å². The number of methoxy groups -OCH3 is 1.